The van der Waals surface area contributed by atoms with Crippen LogP contribution in [0.1, 0.15) is 27.0 Å². The van der Waals surface area contributed by atoms with Gasteiger partial charge in [-0.3, -0.25) is 4.79 Å². The molecule has 0 bridgehead atoms. The van der Waals surface area contributed by atoms with Gasteiger partial charge in [0.1, 0.15) is 0 Å². The van der Waals surface area contributed by atoms with Crippen molar-refractivity contribution >= 4 is 11.9 Å². The van der Waals surface area contributed by atoms with E-state index in [0.29, 0.717) is 19.5 Å². The molecule has 4 aromatic rings. The molecule has 0 radical (unpaired) electrons. The van der Waals surface area contributed by atoms with Crippen LogP contribution in [-0.2, 0) is 24.2 Å². The summed E-state index contributed by atoms with van der Waals surface area (Å²) in [5.41, 5.74) is 5.51. The summed E-state index contributed by atoms with van der Waals surface area (Å²) in [5, 5.41) is 9.09. The Morgan fingerprint density at radius 3 is 1.71 bits per heavy atom. The zero-order chi connectivity index (χ0) is 23.8. The minimum absolute atomic E-state index is 0.107. The third-order valence-electron chi connectivity index (χ3n) is 5.86. The van der Waals surface area contributed by atoms with Crippen LogP contribution in [0.4, 0.5) is 0 Å². The highest BCUT2D eigenvalue weighted by atomic mass is 16.4. The van der Waals surface area contributed by atoms with Crippen molar-refractivity contribution in [1.29, 1.82) is 0 Å². The van der Waals surface area contributed by atoms with E-state index >= 15 is 0 Å². The predicted octanol–water partition coefficient (Wildman–Crippen LogP) is 5.87. The molecule has 34 heavy (non-hydrogen) atoms. The van der Waals surface area contributed by atoms with Crippen molar-refractivity contribution in [2.75, 3.05) is 6.54 Å². The lowest BCUT2D eigenvalue weighted by Gasteiger charge is -2.23. The monoisotopic (exact) mass is 449 g/mol. The summed E-state index contributed by atoms with van der Waals surface area (Å²) < 4.78 is 0. The molecule has 0 atom stereocenters. The smallest absolute Gasteiger partial charge is 0.335 e. The van der Waals surface area contributed by atoms with Crippen LogP contribution in [0.2, 0.25) is 0 Å². The van der Waals surface area contributed by atoms with Crippen LogP contribution in [0.15, 0.2) is 109 Å². The fourth-order valence-electron chi connectivity index (χ4n) is 3.91. The van der Waals surface area contributed by atoms with Gasteiger partial charge in [0.05, 0.1) is 12.0 Å². The second kappa shape index (κ2) is 11.1. The van der Waals surface area contributed by atoms with Crippen LogP contribution in [0.5, 0.6) is 0 Å². The zero-order valence-electron chi connectivity index (χ0n) is 18.9. The zero-order valence-corrected chi connectivity index (χ0v) is 18.9. The second-order valence-corrected chi connectivity index (χ2v) is 8.29. The normalized spacial score (nSPS) is 10.6. The lowest BCUT2D eigenvalue weighted by molar-refractivity contribution is -0.131. The standard InChI is InChI=1S/C30H27NO3/c32-29(21-24-9-5-2-6-10-24)31(20-19-23-7-3-1-4-8-23)22-25-11-13-26(14-12-25)27-15-17-28(18-16-27)30(33)34/h1-18H,19-22H2,(H,33,34). The van der Waals surface area contributed by atoms with Crippen molar-refractivity contribution < 1.29 is 14.7 Å². The number of carbonyl (C=O) groups excluding carboxylic acids is 1. The highest BCUT2D eigenvalue weighted by molar-refractivity contribution is 5.88. The fraction of sp³-hybridized carbons (Fsp3) is 0.133. The molecule has 0 fully saturated rings. The lowest BCUT2D eigenvalue weighted by atomic mass is 10.0. The number of rotatable bonds is 9. The Hall–Kier alpha value is -4.18. The van der Waals surface area contributed by atoms with Gasteiger partial charge < -0.3 is 10.0 Å². The summed E-state index contributed by atoms with van der Waals surface area (Å²) in [6.45, 7) is 1.19. The van der Waals surface area contributed by atoms with Crippen LogP contribution in [0.3, 0.4) is 0 Å². The van der Waals surface area contributed by atoms with Gasteiger partial charge in [-0.25, -0.2) is 4.79 Å². The molecule has 4 nitrogen and oxygen atoms in total. The van der Waals surface area contributed by atoms with Crippen molar-refractivity contribution in [3.8, 4) is 11.1 Å². The highest BCUT2D eigenvalue weighted by Gasteiger charge is 2.15. The van der Waals surface area contributed by atoms with Crippen molar-refractivity contribution in [2.24, 2.45) is 0 Å². The summed E-state index contributed by atoms with van der Waals surface area (Å²) >= 11 is 0. The largest absolute Gasteiger partial charge is 0.478 e. The first-order valence-electron chi connectivity index (χ1n) is 11.4. The minimum atomic E-state index is -0.933. The molecule has 4 heteroatoms. The van der Waals surface area contributed by atoms with E-state index in [0.717, 1.165) is 28.7 Å². The van der Waals surface area contributed by atoms with E-state index in [1.807, 2.05) is 89.8 Å². The van der Waals surface area contributed by atoms with E-state index in [9.17, 15) is 9.59 Å². The number of carboxylic acid groups (broad SMARTS) is 1. The molecule has 0 aliphatic heterocycles. The SMILES string of the molecule is O=C(O)c1ccc(-c2ccc(CN(CCc3ccccc3)C(=O)Cc3ccccc3)cc2)cc1. The number of amides is 1. The molecular weight excluding hydrogens is 422 g/mol. The van der Waals surface area contributed by atoms with Gasteiger partial charge in [0, 0.05) is 13.1 Å². The van der Waals surface area contributed by atoms with E-state index in [1.165, 1.54) is 5.56 Å². The maximum Gasteiger partial charge on any atom is 0.335 e. The van der Waals surface area contributed by atoms with E-state index in [1.54, 1.807) is 12.1 Å². The van der Waals surface area contributed by atoms with Crippen LogP contribution in [-0.4, -0.2) is 28.4 Å². The van der Waals surface area contributed by atoms with Crippen LogP contribution in [0, 0.1) is 0 Å². The first kappa shape index (κ1) is 23.0. The molecule has 0 saturated carbocycles. The molecule has 0 unspecified atom stereocenters. The van der Waals surface area contributed by atoms with Crippen LogP contribution in [0.25, 0.3) is 11.1 Å². The van der Waals surface area contributed by atoms with E-state index in [-0.39, 0.29) is 11.5 Å². The van der Waals surface area contributed by atoms with Gasteiger partial charge in [0.2, 0.25) is 5.91 Å². The Labute approximate surface area is 200 Å². The molecule has 0 heterocycles. The maximum atomic E-state index is 13.2. The summed E-state index contributed by atoms with van der Waals surface area (Å²) in [7, 11) is 0. The number of benzene rings is 4. The van der Waals surface area contributed by atoms with E-state index < -0.39 is 5.97 Å². The summed E-state index contributed by atoms with van der Waals surface area (Å²) in [6, 6.07) is 35.0. The average Bonchev–Trinajstić information content (AvgIpc) is 2.88. The van der Waals surface area contributed by atoms with E-state index in [4.69, 9.17) is 5.11 Å². The number of carbonyl (C=O) groups is 2. The Balaban J connectivity index is 1.47. The molecule has 4 rings (SSSR count). The molecule has 4 aromatic carbocycles. The average molecular weight is 450 g/mol. The molecule has 0 aliphatic carbocycles. The molecule has 0 aliphatic rings. The van der Waals surface area contributed by atoms with Gasteiger partial charge in [-0.1, -0.05) is 97.1 Å². The quantitative estimate of drug-likeness (QED) is 0.348. The topological polar surface area (TPSA) is 57.6 Å². The van der Waals surface area contributed by atoms with Crippen LogP contribution >= 0.6 is 0 Å². The highest BCUT2D eigenvalue weighted by Crippen LogP contribution is 2.21. The molecule has 1 amide bonds. The van der Waals surface area contributed by atoms with Gasteiger partial charge in [0.25, 0.3) is 0 Å². The Bertz CT molecular complexity index is 1220. The molecule has 1 N–H and O–H groups in total. The molecule has 170 valence electrons. The van der Waals surface area contributed by atoms with Crippen molar-refractivity contribution in [3.05, 3.63) is 131 Å². The number of nitrogens with zero attached hydrogens (tertiary/aromatic N) is 1. The molecule has 0 spiro atoms. The Morgan fingerprint density at radius 1 is 0.618 bits per heavy atom. The Morgan fingerprint density at radius 2 is 1.15 bits per heavy atom. The predicted molar refractivity (Wildman–Crippen MR) is 135 cm³/mol. The first-order chi connectivity index (χ1) is 16.6. The summed E-state index contributed by atoms with van der Waals surface area (Å²) in [5.74, 6) is -0.826. The van der Waals surface area contributed by atoms with Gasteiger partial charge >= 0.3 is 5.97 Å². The summed E-state index contributed by atoms with van der Waals surface area (Å²) in [6.07, 6.45) is 1.18. The van der Waals surface area contributed by atoms with Crippen molar-refractivity contribution in [1.82, 2.24) is 4.90 Å². The van der Waals surface area contributed by atoms with E-state index in [2.05, 4.69) is 12.1 Å². The number of hydrogen-bond acceptors (Lipinski definition) is 2. The number of aromatic carboxylic acids is 1. The fourth-order valence-corrected chi connectivity index (χ4v) is 3.91. The third-order valence-corrected chi connectivity index (χ3v) is 5.86. The second-order valence-electron chi connectivity index (χ2n) is 8.29. The molecule has 0 saturated heterocycles. The lowest BCUT2D eigenvalue weighted by Crippen LogP contribution is -2.33. The van der Waals surface area contributed by atoms with Crippen molar-refractivity contribution in [2.45, 2.75) is 19.4 Å². The molecule has 0 aromatic heterocycles. The number of hydrogen-bond donors (Lipinski definition) is 1. The third kappa shape index (κ3) is 6.20. The van der Waals surface area contributed by atoms with Gasteiger partial charge in [-0.15, -0.1) is 0 Å². The number of carboxylic acids is 1. The maximum absolute atomic E-state index is 13.2. The summed E-state index contributed by atoms with van der Waals surface area (Å²) in [4.78, 5) is 26.2. The van der Waals surface area contributed by atoms with Crippen LogP contribution < -0.4 is 0 Å². The van der Waals surface area contributed by atoms with Gasteiger partial charge in [-0.2, -0.15) is 0 Å². The Kier molecular flexibility index (Phi) is 7.51. The van der Waals surface area contributed by atoms with Crippen molar-refractivity contribution in [3.63, 3.8) is 0 Å². The minimum Gasteiger partial charge on any atom is -0.478 e. The molecular formula is C30H27NO3. The van der Waals surface area contributed by atoms with Gasteiger partial charge in [-0.05, 0) is 46.4 Å². The first-order valence-corrected chi connectivity index (χ1v) is 11.4. The van der Waals surface area contributed by atoms with Gasteiger partial charge in [0.15, 0.2) is 0 Å².